The molecule has 0 heterocycles. The molecule has 0 saturated carbocycles. The molecule has 0 aromatic heterocycles. The van der Waals surface area contributed by atoms with Crippen LogP contribution >= 0.6 is 23.5 Å². The van der Waals surface area contributed by atoms with E-state index < -0.39 is 34.8 Å². The van der Waals surface area contributed by atoms with Crippen molar-refractivity contribution in [3.63, 3.8) is 0 Å². The normalized spacial score (nSPS) is 16.1. The fourth-order valence-electron chi connectivity index (χ4n) is 3.90. The highest BCUT2D eigenvalue weighted by Gasteiger charge is 2.50. The maximum absolute atomic E-state index is 11.6. The lowest BCUT2D eigenvalue weighted by atomic mass is 9.98. The van der Waals surface area contributed by atoms with Crippen molar-refractivity contribution in [3.05, 3.63) is 138 Å². The number of thioether (sulfide) groups is 1. The molecule has 0 bridgehead atoms. The topological polar surface area (TPSA) is 121 Å². The summed E-state index contributed by atoms with van der Waals surface area (Å²) in [6, 6.07) is 34.1. The second-order valence-corrected chi connectivity index (χ2v) is 11.5. The van der Waals surface area contributed by atoms with Gasteiger partial charge in [0, 0.05) is 14.7 Å². The van der Waals surface area contributed by atoms with Crippen molar-refractivity contribution in [2.24, 2.45) is 0 Å². The average Bonchev–Trinajstić information content (AvgIpc) is 2.97. The Bertz CT molecular complexity index is 1430. The molecule has 0 amide bonds. The van der Waals surface area contributed by atoms with Gasteiger partial charge in [-0.25, -0.2) is 0 Å². The van der Waals surface area contributed by atoms with E-state index in [1.165, 1.54) is 23.9 Å². The molecule has 4 rings (SSSR count). The van der Waals surface area contributed by atoms with Gasteiger partial charge in [-0.3, -0.25) is 0 Å². The van der Waals surface area contributed by atoms with Gasteiger partial charge in [-0.15, -0.1) is 0 Å². The summed E-state index contributed by atoms with van der Waals surface area (Å²) in [5, 5.41) is 66.2. The summed E-state index contributed by atoms with van der Waals surface area (Å²) >= 11 is 2.18. The zero-order valence-electron chi connectivity index (χ0n) is 21.4. The summed E-state index contributed by atoms with van der Waals surface area (Å²) in [5.74, 6) is -1.25. The van der Waals surface area contributed by atoms with Crippen LogP contribution in [0, 0.1) is 0 Å². The number of aliphatic hydroxyl groups excluding tert-OH is 5. The van der Waals surface area contributed by atoms with Crippen molar-refractivity contribution in [3.8, 4) is 0 Å². The minimum absolute atomic E-state index is 0.455. The molecule has 4 aromatic rings. The minimum atomic E-state index is -2.56. The quantitative estimate of drug-likeness (QED) is 0.0744. The molecule has 40 heavy (non-hydrogen) atoms. The number of hydrogen-bond acceptors (Lipinski definition) is 8. The molecule has 0 aliphatic carbocycles. The number of hydrogen-bond donors (Lipinski definition) is 6. The van der Waals surface area contributed by atoms with Crippen LogP contribution in [-0.2, 0) is 0 Å². The molecule has 0 aliphatic rings. The predicted molar refractivity (Wildman–Crippen MR) is 160 cm³/mol. The Labute approximate surface area is 241 Å². The lowest BCUT2D eigenvalue weighted by molar-refractivity contribution is -0.120. The molecule has 0 aliphatic heterocycles. The van der Waals surface area contributed by atoms with Crippen molar-refractivity contribution in [2.45, 2.75) is 37.9 Å². The van der Waals surface area contributed by atoms with E-state index >= 15 is 0 Å². The summed E-state index contributed by atoms with van der Waals surface area (Å²) in [4.78, 5) is -0.184. The molecule has 0 spiro atoms. The molecule has 4 aromatic carbocycles. The van der Waals surface area contributed by atoms with Crippen LogP contribution in [0.15, 0.2) is 141 Å². The second-order valence-electron chi connectivity index (χ2n) is 9.00. The monoisotopic (exact) mass is 574 g/mol. The summed E-state index contributed by atoms with van der Waals surface area (Å²) in [6.07, 6.45) is -3.59. The fraction of sp³-hybridized carbons (Fsp3) is 0.125. The van der Waals surface area contributed by atoms with Gasteiger partial charge in [-0.1, -0.05) is 102 Å². The maximum Gasteiger partial charge on any atom is 0.176 e. The lowest BCUT2D eigenvalue weighted by Crippen LogP contribution is -2.55. The second kappa shape index (κ2) is 13.7. The fourth-order valence-corrected chi connectivity index (χ4v) is 5.96. The van der Waals surface area contributed by atoms with Crippen molar-refractivity contribution in [2.75, 3.05) is 0 Å². The van der Waals surface area contributed by atoms with E-state index in [4.69, 9.17) is 0 Å². The number of benzene rings is 4. The maximum atomic E-state index is 11.6. The predicted octanol–water partition coefficient (Wildman–Crippen LogP) is 5.90. The molecule has 0 fully saturated rings. The van der Waals surface area contributed by atoms with E-state index in [-0.39, 0.29) is 0 Å². The van der Waals surface area contributed by atoms with E-state index in [9.17, 15) is 30.6 Å². The Balaban J connectivity index is 1.63. The van der Waals surface area contributed by atoms with Crippen molar-refractivity contribution in [1.82, 2.24) is 0 Å². The zero-order chi connectivity index (χ0) is 28.5. The zero-order valence-corrected chi connectivity index (χ0v) is 23.0. The first-order chi connectivity index (χ1) is 19.3. The third-order valence-corrected chi connectivity index (χ3v) is 8.29. The molecule has 0 saturated heterocycles. The summed E-state index contributed by atoms with van der Waals surface area (Å²) in [6.45, 7) is 0. The minimum Gasteiger partial charge on any atom is -0.509 e. The summed E-state index contributed by atoms with van der Waals surface area (Å²) < 4.78 is 0. The molecular formula is C32H30O6S2. The van der Waals surface area contributed by atoms with Gasteiger partial charge in [-0.05, 0) is 59.7 Å². The van der Waals surface area contributed by atoms with Crippen LogP contribution < -0.4 is 0 Å². The van der Waals surface area contributed by atoms with Crippen LogP contribution in [0.1, 0.15) is 11.1 Å². The van der Waals surface area contributed by atoms with E-state index in [1.54, 1.807) is 72.8 Å². The highest BCUT2D eigenvalue weighted by atomic mass is 32.2. The van der Waals surface area contributed by atoms with E-state index in [0.29, 0.717) is 27.8 Å². The van der Waals surface area contributed by atoms with Crippen LogP contribution in [0.2, 0.25) is 0 Å². The standard InChI is InChI=1S/C32H30O6S2/c33-27(20-22-11-4-1-5-12-22)29(35)31(37)32(38,40-25-16-8-3-9-17-25)30(36)28(34)21-23-13-10-18-26(19-23)39-24-14-6-2-7-15-24/h1-21,29-31,33-38H/t29-,30+,31-,32+/m1/s1. The van der Waals surface area contributed by atoms with Crippen LogP contribution in [0.25, 0.3) is 12.2 Å². The molecule has 0 unspecified atom stereocenters. The molecule has 8 heteroatoms. The van der Waals surface area contributed by atoms with Crippen molar-refractivity contribution in [1.29, 1.82) is 0 Å². The Morgan fingerprint density at radius 1 is 0.600 bits per heavy atom. The summed E-state index contributed by atoms with van der Waals surface area (Å²) in [5.41, 5.74) is 1.11. The summed E-state index contributed by atoms with van der Waals surface area (Å²) in [7, 11) is 0. The van der Waals surface area contributed by atoms with Gasteiger partial charge in [0.15, 0.2) is 11.0 Å². The lowest BCUT2D eigenvalue weighted by Gasteiger charge is -2.38. The van der Waals surface area contributed by atoms with E-state index in [1.807, 2.05) is 42.5 Å². The average molecular weight is 575 g/mol. The van der Waals surface area contributed by atoms with Crippen LogP contribution in [0.3, 0.4) is 0 Å². The SMILES string of the molecule is OC(=Cc1ccccc1)[C@@H](O)[C@@H](O)[C@@](O)(Sc1ccccc1)[C@@H](O)C(O)=Cc1cccc(Sc2ccccc2)c1. The smallest absolute Gasteiger partial charge is 0.176 e. The molecule has 6 N–H and O–H groups in total. The molecule has 6 nitrogen and oxygen atoms in total. The van der Waals surface area contributed by atoms with Gasteiger partial charge in [-0.2, -0.15) is 0 Å². The van der Waals surface area contributed by atoms with Gasteiger partial charge < -0.3 is 30.6 Å². The third kappa shape index (κ3) is 7.57. The number of rotatable bonds is 11. The van der Waals surface area contributed by atoms with Gasteiger partial charge in [0.25, 0.3) is 0 Å². The van der Waals surface area contributed by atoms with Crippen LogP contribution in [0.4, 0.5) is 0 Å². The first-order valence-electron chi connectivity index (χ1n) is 12.5. The Morgan fingerprint density at radius 3 is 1.73 bits per heavy atom. The van der Waals surface area contributed by atoms with Crippen LogP contribution in [0.5, 0.6) is 0 Å². The van der Waals surface area contributed by atoms with E-state index in [0.717, 1.165) is 9.79 Å². The Kier molecular flexibility index (Phi) is 10.1. The van der Waals surface area contributed by atoms with Gasteiger partial charge in [0.1, 0.15) is 23.7 Å². The van der Waals surface area contributed by atoms with Gasteiger partial charge >= 0.3 is 0 Å². The van der Waals surface area contributed by atoms with Crippen molar-refractivity contribution < 1.29 is 30.6 Å². The molecule has 4 atom stereocenters. The van der Waals surface area contributed by atoms with Crippen molar-refractivity contribution >= 4 is 35.7 Å². The highest BCUT2D eigenvalue weighted by molar-refractivity contribution is 8.00. The van der Waals surface area contributed by atoms with Crippen LogP contribution in [-0.4, -0.2) is 53.9 Å². The highest BCUT2D eigenvalue weighted by Crippen LogP contribution is 2.40. The van der Waals surface area contributed by atoms with Gasteiger partial charge in [0.2, 0.25) is 0 Å². The molecular weight excluding hydrogens is 544 g/mol. The third-order valence-electron chi connectivity index (χ3n) is 5.99. The largest absolute Gasteiger partial charge is 0.509 e. The number of aliphatic hydroxyl groups is 6. The van der Waals surface area contributed by atoms with E-state index in [2.05, 4.69) is 0 Å². The first kappa shape index (κ1) is 29.5. The van der Waals surface area contributed by atoms with Gasteiger partial charge in [0.05, 0.1) is 0 Å². The first-order valence-corrected chi connectivity index (χ1v) is 14.1. The molecule has 206 valence electrons. The Hall–Kier alpha value is -3.50. The Morgan fingerprint density at radius 2 is 1.10 bits per heavy atom. The molecule has 0 radical (unpaired) electrons.